The van der Waals surface area contributed by atoms with Crippen LogP contribution in [0.25, 0.3) is 0 Å². The Morgan fingerprint density at radius 3 is 2.39 bits per heavy atom. The molecule has 2 amide bonds. The van der Waals surface area contributed by atoms with Crippen LogP contribution >= 0.6 is 0 Å². The van der Waals surface area contributed by atoms with Crippen molar-refractivity contribution < 1.29 is 23.6 Å². The van der Waals surface area contributed by atoms with E-state index in [1.54, 1.807) is 32.1 Å². The van der Waals surface area contributed by atoms with Crippen molar-refractivity contribution in [2.75, 3.05) is 26.1 Å². The Hall–Kier alpha value is -3.03. The summed E-state index contributed by atoms with van der Waals surface area (Å²) < 4.78 is 15.7. The van der Waals surface area contributed by atoms with Crippen molar-refractivity contribution in [2.24, 2.45) is 5.41 Å². The molecular weight excluding hydrogens is 362 g/mol. The third kappa shape index (κ3) is 3.08. The molecule has 1 N–H and O–H groups in total. The van der Waals surface area contributed by atoms with Gasteiger partial charge >= 0.3 is 0 Å². The number of carbonyl (C=O) groups is 2. The highest BCUT2D eigenvalue weighted by Crippen LogP contribution is 2.49. The van der Waals surface area contributed by atoms with E-state index in [4.69, 9.17) is 14.0 Å². The lowest BCUT2D eigenvalue weighted by molar-refractivity contribution is -0.143. The number of hydrogen-bond donors (Lipinski definition) is 1. The molecular formula is C20H23N3O5. The van der Waals surface area contributed by atoms with E-state index in [0.29, 0.717) is 55.4 Å². The molecule has 1 aliphatic carbocycles. The molecule has 0 atom stereocenters. The fraction of sp³-hybridized carbons (Fsp3) is 0.450. The van der Waals surface area contributed by atoms with Crippen LogP contribution in [0.5, 0.6) is 11.5 Å². The fourth-order valence-corrected chi connectivity index (χ4v) is 3.68. The molecule has 8 nitrogen and oxygen atoms in total. The van der Waals surface area contributed by atoms with Gasteiger partial charge in [0, 0.05) is 19.2 Å². The zero-order valence-electron chi connectivity index (χ0n) is 16.2. The first-order valence-electron chi connectivity index (χ1n) is 9.25. The molecule has 8 heteroatoms. The zero-order chi connectivity index (χ0) is 19.9. The largest absolute Gasteiger partial charge is 0.493 e. The third-order valence-electron chi connectivity index (χ3n) is 5.47. The van der Waals surface area contributed by atoms with Gasteiger partial charge < -0.3 is 24.2 Å². The minimum atomic E-state index is -0.999. The van der Waals surface area contributed by atoms with Gasteiger partial charge in [0.15, 0.2) is 17.3 Å². The molecule has 1 aromatic carbocycles. The number of aryl methyl sites for hydroxylation is 1. The zero-order valence-corrected chi connectivity index (χ0v) is 16.2. The molecule has 2 aromatic rings. The lowest BCUT2D eigenvalue weighted by Gasteiger charge is -2.32. The molecule has 1 fully saturated rings. The van der Waals surface area contributed by atoms with Crippen molar-refractivity contribution in [1.82, 2.24) is 10.1 Å². The van der Waals surface area contributed by atoms with E-state index in [-0.39, 0.29) is 11.8 Å². The van der Waals surface area contributed by atoms with Crippen LogP contribution in [-0.4, -0.2) is 42.6 Å². The number of ether oxygens (including phenoxy) is 2. The first-order valence-corrected chi connectivity index (χ1v) is 9.25. The van der Waals surface area contributed by atoms with Crippen molar-refractivity contribution in [3.8, 4) is 11.5 Å². The van der Waals surface area contributed by atoms with Crippen molar-refractivity contribution in [3.63, 3.8) is 0 Å². The lowest BCUT2D eigenvalue weighted by atomic mass is 9.96. The van der Waals surface area contributed by atoms with Crippen LogP contribution in [-0.2, 0) is 22.6 Å². The Labute approximate surface area is 162 Å². The summed E-state index contributed by atoms with van der Waals surface area (Å²) in [6.07, 6.45) is 1.80. The number of carbonyl (C=O) groups excluding carboxylic acids is 2. The van der Waals surface area contributed by atoms with Gasteiger partial charge in [-0.3, -0.25) is 9.59 Å². The van der Waals surface area contributed by atoms with Gasteiger partial charge in [-0.2, -0.15) is 0 Å². The average molecular weight is 385 g/mol. The highest BCUT2D eigenvalue weighted by molar-refractivity contribution is 6.12. The maximum absolute atomic E-state index is 13.2. The van der Waals surface area contributed by atoms with Crippen LogP contribution < -0.4 is 14.8 Å². The topological polar surface area (TPSA) is 93.9 Å². The molecule has 0 unspecified atom stereocenters. The summed E-state index contributed by atoms with van der Waals surface area (Å²) in [5.41, 5.74) is 1.15. The van der Waals surface area contributed by atoms with Gasteiger partial charge in [-0.05, 0) is 49.4 Å². The number of rotatable bonds is 5. The minimum Gasteiger partial charge on any atom is -0.493 e. The molecule has 1 saturated carbocycles. The second-order valence-electron chi connectivity index (χ2n) is 7.31. The number of nitrogens with zero attached hydrogens (tertiary/aromatic N) is 2. The van der Waals surface area contributed by atoms with Gasteiger partial charge in [0.1, 0.15) is 11.2 Å². The minimum absolute atomic E-state index is 0.134. The third-order valence-corrected chi connectivity index (χ3v) is 5.47. The summed E-state index contributed by atoms with van der Waals surface area (Å²) in [4.78, 5) is 27.7. The Morgan fingerprint density at radius 2 is 1.82 bits per heavy atom. The van der Waals surface area contributed by atoms with Crippen LogP contribution in [0.1, 0.15) is 29.7 Å². The molecule has 1 aromatic heterocycles. The number of aromatic nitrogens is 1. The standard InChI is InChI=1S/C20H23N3O5/c1-12-8-17(22-28-12)21-18(24)20(5-6-20)19(25)23-7-4-13-9-15(26-2)16(27-3)10-14(13)11-23/h8-10H,4-7,11H2,1-3H3,(H,21,22,24). The quantitative estimate of drug-likeness (QED) is 0.794. The van der Waals surface area contributed by atoms with E-state index in [9.17, 15) is 9.59 Å². The van der Waals surface area contributed by atoms with Gasteiger partial charge in [0.2, 0.25) is 11.8 Å². The number of anilines is 1. The number of amides is 2. The number of fused-ring (bicyclic) bond motifs is 1. The summed E-state index contributed by atoms with van der Waals surface area (Å²) in [7, 11) is 3.19. The molecule has 0 bridgehead atoms. The van der Waals surface area contributed by atoms with E-state index < -0.39 is 5.41 Å². The molecule has 0 radical (unpaired) electrons. The Balaban J connectivity index is 1.50. The highest BCUT2D eigenvalue weighted by atomic mass is 16.5. The molecule has 148 valence electrons. The summed E-state index contributed by atoms with van der Waals surface area (Å²) in [5.74, 6) is 1.80. The van der Waals surface area contributed by atoms with Crippen LogP contribution in [0, 0.1) is 12.3 Å². The fourth-order valence-electron chi connectivity index (χ4n) is 3.68. The molecule has 4 rings (SSSR count). The SMILES string of the molecule is COc1cc2c(cc1OC)CN(C(=O)C1(C(=O)Nc3cc(C)on3)CC1)CC2. The van der Waals surface area contributed by atoms with Gasteiger partial charge in [-0.25, -0.2) is 0 Å². The molecule has 28 heavy (non-hydrogen) atoms. The second-order valence-corrected chi connectivity index (χ2v) is 7.31. The molecule has 0 spiro atoms. The predicted molar refractivity (Wildman–Crippen MR) is 100 cm³/mol. The van der Waals surface area contributed by atoms with Crippen LogP contribution in [0.4, 0.5) is 5.82 Å². The predicted octanol–water partition coefficient (Wildman–Crippen LogP) is 2.30. The molecule has 0 saturated heterocycles. The monoisotopic (exact) mass is 385 g/mol. The van der Waals surface area contributed by atoms with E-state index in [1.165, 1.54) is 0 Å². The maximum atomic E-state index is 13.2. The number of nitrogens with one attached hydrogen (secondary N) is 1. The first kappa shape index (κ1) is 18.3. The van der Waals surface area contributed by atoms with E-state index in [1.807, 2.05) is 12.1 Å². The van der Waals surface area contributed by atoms with Crippen LogP contribution in [0.15, 0.2) is 22.7 Å². The number of methoxy groups -OCH3 is 2. The molecule has 2 heterocycles. The van der Waals surface area contributed by atoms with Crippen molar-refractivity contribution in [2.45, 2.75) is 32.7 Å². The Bertz CT molecular complexity index is 932. The summed E-state index contributed by atoms with van der Waals surface area (Å²) in [6.45, 7) is 2.77. The van der Waals surface area contributed by atoms with Gasteiger partial charge in [-0.15, -0.1) is 0 Å². The first-order chi connectivity index (χ1) is 13.5. The van der Waals surface area contributed by atoms with Crippen LogP contribution in [0.3, 0.4) is 0 Å². The summed E-state index contributed by atoms with van der Waals surface area (Å²) >= 11 is 0. The van der Waals surface area contributed by atoms with E-state index in [2.05, 4.69) is 10.5 Å². The van der Waals surface area contributed by atoms with Crippen molar-refractivity contribution in [1.29, 1.82) is 0 Å². The summed E-state index contributed by atoms with van der Waals surface area (Å²) in [5, 5.41) is 6.49. The normalized spacial score (nSPS) is 16.9. The van der Waals surface area contributed by atoms with Gasteiger partial charge in [-0.1, -0.05) is 5.16 Å². The average Bonchev–Trinajstić information content (AvgIpc) is 3.43. The van der Waals surface area contributed by atoms with Gasteiger partial charge in [0.25, 0.3) is 0 Å². The van der Waals surface area contributed by atoms with Crippen molar-refractivity contribution in [3.05, 3.63) is 35.1 Å². The maximum Gasteiger partial charge on any atom is 0.241 e. The van der Waals surface area contributed by atoms with Gasteiger partial charge in [0.05, 0.1) is 14.2 Å². The molecule has 2 aliphatic rings. The number of benzene rings is 1. The van der Waals surface area contributed by atoms with Crippen LogP contribution in [0.2, 0.25) is 0 Å². The Morgan fingerprint density at radius 1 is 1.14 bits per heavy atom. The lowest BCUT2D eigenvalue weighted by Crippen LogP contribution is -2.45. The smallest absolute Gasteiger partial charge is 0.241 e. The number of hydrogen-bond acceptors (Lipinski definition) is 6. The Kier molecular flexibility index (Phi) is 4.49. The highest BCUT2D eigenvalue weighted by Gasteiger charge is 2.58. The van der Waals surface area contributed by atoms with E-state index in [0.717, 1.165) is 11.1 Å². The summed E-state index contributed by atoms with van der Waals surface area (Å²) in [6, 6.07) is 5.50. The second kappa shape index (κ2) is 6.85. The van der Waals surface area contributed by atoms with Crippen molar-refractivity contribution >= 4 is 17.6 Å². The van der Waals surface area contributed by atoms with E-state index >= 15 is 0 Å². The molecule has 1 aliphatic heterocycles.